The van der Waals surface area contributed by atoms with Crippen LogP contribution in [0.1, 0.15) is 12.8 Å². The summed E-state index contributed by atoms with van der Waals surface area (Å²) in [5, 5.41) is 5.09. The second kappa shape index (κ2) is 7.21. The summed E-state index contributed by atoms with van der Waals surface area (Å²) in [5.74, 6) is 0.0531. The van der Waals surface area contributed by atoms with Gasteiger partial charge in [0, 0.05) is 18.7 Å². The van der Waals surface area contributed by atoms with Gasteiger partial charge in [-0.05, 0) is 36.8 Å². The lowest BCUT2D eigenvalue weighted by Gasteiger charge is -2.20. The molecule has 1 aliphatic rings. The fourth-order valence-electron chi connectivity index (χ4n) is 2.73. The molecule has 0 bridgehead atoms. The molecule has 0 unspecified atom stereocenters. The van der Waals surface area contributed by atoms with Crippen LogP contribution in [0.15, 0.2) is 42.5 Å². The minimum absolute atomic E-state index is 0.0197. The molecule has 2 N–H and O–H groups in total. The minimum atomic E-state index is -0.575. The Morgan fingerprint density at radius 2 is 2.00 bits per heavy atom. The average molecular weight is 343 g/mol. The van der Waals surface area contributed by atoms with Crippen molar-refractivity contribution in [3.63, 3.8) is 0 Å². The van der Waals surface area contributed by atoms with Gasteiger partial charge in [-0.25, -0.2) is 9.18 Å². The van der Waals surface area contributed by atoms with Crippen molar-refractivity contribution in [2.75, 3.05) is 29.2 Å². The number of carbonyl (C=O) groups is 2. The van der Waals surface area contributed by atoms with E-state index in [1.165, 1.54) is 19.2 Å². The standard InChI is InChI=1S/C18H18FN3O3/c1-25-16-9-8-12(11-15(16)22-10-4-7-17(22)23)20-18(24)21-14-6-3-2-5-13(14)19/h2-3,5-6,8-9,11H,4,7,10H2,1H3,(H2,20,21,24). The number of urea groups is 1. The van der Waals surface area contributed by atoms with Crippen LogP contribution < -0.4 is 20.3 Å². The molecule has 2 aromatic carbocycles. The Morgan fingerprint density at radius 1 is 1.20 bits per heavy atom. The Morgan fingerprint density at radius 3 is 2.68 bits per heavy atom. The summed E-state index contributed by atoms with van der Waals surface area (Å²) in [5.41, 5.74) is 1.17. The van der Waals surface area contributed by atoms with Crippen molar-refractivity contribution < 1.29 is 18.7 Å². The van der Waals surface area contributed by atoms with Gasteiger partial charge in [-0.2, -0.15) is 0 Å². The Bertz CT molecular complexity index is 810. The summed E-state index contributed by atoms with van der Waals surface area (Å²) in [4.78, 5) is 25.7. The van der Waals surface area contributed by atoms with E-state index in [9.17, 15) is 14.0 Å². The molecule has 0 saturated carbocycles. The number of carbonyl (C=O) groups excluding carboxylic acids is 2. The number of nitrogens with one attached hydrogen (secondary N) is 2. The average Bonchev–Trinajstić information content (AvgIpc) is 3.03. The molecular weight excluding hydrogens is 325 g/mol. The van der Waals surface area contributed by atoms with E-state index in [2.05, 4.69) is 10.6 Å². The van der Waals surface area contributed by atoms with Gasteiger partial charge in [0.1, 0.15) is 11.6 Å². The van der Waals surface area contributed by atoms with E-state index < -0.39 is 11.8 Å². The van der Waals surface area contributed by atoms with Crippen LogP contribution in [-0.2, 0) is 4.79 Å². The lowest BCUT2D eigenvalue weighted by Crippen LogP contribution is -2.25. The zero-order valence-electron chi connectivity index (χ0n) is 13.7. The second-order valence-electron chi connectivity index (χ2n) is 5.59. The third-order valence-electron chi connectivity index (χ3n) is 3.92. The van der Waals surface area contributed by atoms with Crippen molar-refractivity contribution in [1.29, 1.82) is 0 Å². The number of benzene rings is 2. The highest BCUT2D eigenvalue weighted by molar-refractivity contribution is 6.01. The van der Waals surface area contributed by atoms with Gasteiger partial charge >= 0.3 is 6.03 Å². The fourth-order valence-corrected chi connectivity index (χ4v) is 2.73. The second-order valence-corrected chi connectivity index (χ2v) is 5.59. The molecule has 0 spiro atoms. The molecule has 1 heterocycles. The number of halogens is 1. The van der Waals surface area contributed by atoms with E-state index in [1.807, 2.05) is 0 Å². The van der Waals surface area contributed by atoms with Crippen molar-refractivity contribution in [2.24, 2.45) is 0 Å². The molecule has 25 heavy (non-hydrogen) atoms. The number of methoxy groups -OCH3 is 1. The van der Waals surface area contributed by atoms with Crippen LogP contribution in [0.3, 0.4) is 0 Å². The fraction of sp³-hybridized carbons (Fsp3) is 0.222. The zero-order chi connectivity index (χ0) is 17.8. The molecular formula is C18H18FN3O3. The van der Waals surface area contributed by atoms with Gasteiger partial charge in [0.2, 0.25) is 5.91 Å². The molecule has 2 aromatic rings. The summed E-state index contributed by atoms with van der Waals surface area (Å²) in [7, 11) is 1.53. The van der Waals surface area contributed by atoms with Crippen molar-refractivity contribution in [3.05, 3.63) is 48.3 Å². The predicted octanol–water partition coefficient (Wildman–Crippen LogP) is 3.61. The van der Waals surface area contributed by atoms with Crippen molar-refractivity contribution in [3.8, 4) is 5.75 Å². The van der Waals surface area contributed by atoms with Crippen LogP contribution in [0.2, 0.25) is 0 Å². The Hall–Kier alpha value is -3.09. The van der Waals surface area contributed by atoms with Crippen LogP contribution in [0.25, 0.3) is 0 Å². The van der Waals surface area contributed by atoms with E-state index in [0.29, 0.717) is 30.1 Å². The summed E-state index contributed by atoms with van der Waals surface area (Å²) >= 11 is 0. The van der Waals surface area contributed by atoms with Gasteiger partial charge < -0.3 is 20.3 Å². The maximum Gasteiger partial charge on any atom is 0.323 e. The zero-order valence-corrected chi connectivity index (χ0v) is 13.7. The van der Waals surface area contributed by atoms with Gasteiger partial charge in [-0.1, -0.05) is 12.1 Å². The number of amides is 3. The van der Waals surface area contributed by atoms with Crippen LogP contribution in [0.5, 0.6) is 5.75 Å². The molecule has 1 fully saturated rings. The monoisotopic (exact) mass is 343 g/mol. The predicted molar refractivity (Wildman–Crippen MR) is 93.6 cm³/mol. The number of anilines is 3. The van der Waals surface area contributed by atoms with E-state index >= 15 is 0 Å². The minimum Gasteiger partial charge on any atom is -0.495 e. The highest BCUT2D eigenvalue weighted by Gasteiger charge is 2.24. The Balaban J connectivity index is 1.77. The van der Waals surface area contributed by atoms with Crippen LogP contribution in [-0.4, -0.2) is 25.6 Å². The third kappa shape index (κ3) is 3.71. The highest BCUT2D eigenvalue weighted by Crippen LogP contribution is 2.34. The van der Waals surface area contributed by atoms with E-state index in [-0.39, 0.29) is 11.6 Å². The molecule has 6 nitrogen and oxygen atoms in total. The third-order valence-corrected chi connectivity index (χ3v) is 3.92. The Labute approximate surface area is 144 Å². The van der Waals surface area contributed by atoms with Crippen molar-refractivity contribution in [2.45, 2.75) is 12.8 Å². The van der Waals surface area contributed by atoms with E-state index in [1.54, 1.807) is 35.2 Å². The molecule has 7 heteroatoms. The van der Waals surface area contributed by atoms with E-state index in [4.69, 9.17) is 4.74 Å². The first-order chi connectivity index (χ1) is 12.1. The smallest absolute Gasteiger partial charge is 0.323 e. The van der Waals surface area contributed by atoms with Gasteiger partial charge in [-0.3, -0.25) is 4.79 Å². The van der Waals surface area contributed by atoms with Gasteiger partial charge in [0.05, 0.1) is 18.5 Å². The molecule has 3 rings (SSSR count). The van der Waals surface area contributed by atoms with E-state index in [0.717, 1.165) is 6.42 Å². The SMILES string of the molecule is COc1ccc(NC(=O)Nc2ccccc2F)cc1N1CCCC1=O. The maximum atomic E-state index is 13.6. The van der Waals surface area contributed by atoms with Crippen LogP contribution >= 0.6 is 0 Å². The summed E-state index contributed by atoms with van der Waals surface area (Å²) < 4.78 is 18.9. The highest BCUT2D eigenvalue weighted by atomic mass is 19.1. The Kier molecular flexibility index (Phi) is 4.83. The van der Waals surface area contributed by atoms with Crippen LogP contribution in [0.4, 0.5) is 26.2 Å². The van der Waals surface area contributed by atoms with Crippen LogP contribution in [0, 0.1) is 5.82 Å². The molecule has 0 aromatic heterocycles. The molecule has 0 aliphatic carbocycles. The lowest BCUT2D eigenvalue weighted by atomic mass is 10.2. The molecule has 130 valence electrons. The normalized spacial score (nSPS) is 13.7. The summed E-state index contributed by atoms with van der Waals surface area (Å²) in [6, 6.07) is 10.3. The number of para-hydroxylation sites is 1. The van der Waals surface area contributed by atoms with Gasteiger partial charge in [0.15, 0.2) is 0 Å². The molecule has 3 amide bonds. The summed E-state index contributed by atoms with van der Waals surface area (Å²) in [6.45, 7) is 0.611. The van der Waals surface area contributed by atoms with Gasteiger partial charge in [-0.15, -0.1) is 0 Å². The largest absolute Gasteiger partial charge is 0.495 e. The first-order valence-electron chi connectivity index (χ1n) is 7.89. The molecule has 1 saturated heterocycles. The van der Waals surface area contributed by atoms with Crippen molar-refractivity contribution in [1.82, 2.24) is 0 Å². The number of nitrogens with zero attached hydrogens (tertiary/aromatic N) is 1. The number of rotatable bonds is 4. The maximum absolute atomic E-state index is 13.6. The quantitative estimate of drug-likeness (QED) is 0.891. The van der Waals surface area contributed by atoms with Crippen molar-refractivity contribution >= 4 is 29.0 Å². The number of hydrogen-bond acceptors (Lipinski definition) is 3. The summed E-state index contributed by atoms with van der Waals surface area (Å²) in [6.07, 6.45) is 1.28. The number of hydrogen-bond donors (Lipinski definition) is 2. The molecule has 0 atom stereocenters. The lowest BCUT2D eigenvalue weighted by molar-refractivity contribution is -0.117. The number of ether oxygens (including phenoxy) is 1. The molecule has 1 aliphatic heterocycles. The van der Waals surface area contributed by atoms with Gasteiger partial charge in [0.25, 0.3) is 0 Å². The first kappa shape index (κ1) is 16.8. The topological polar surface area (TPSA) is 70.7 Å². The molecule has 0 radical (unpaired) electrons. The first-order valence-corrected chi connectivity index (χ1v) is 7.89.